The Balaban J connectivity index is 2.77. The lowest BCUT2D eigenvalue weighted by Crippen LogP contribution is -2.13. The number of aromatic amines is 2. The molecule has 0 amide bonds. The molecule has 72 valence electrons. The van der Waals surface area contributed by atoms with Gasteiger partial charge in [-0.25, -0.2) is 0 Å². The van der Waals surface area contributed by atoms with Crippen molar-refractivity contribution < 1.29 is 0 Å². The fraction of sp³-hybridized carbons (Fsp3) is 0. The highest BCUT2D eigenvalue weighted by Crippen LogP contribution is 2.24. The summed E-state index contributed by atoms with van der Waals surface area (Å²) in [4.78, 5) is 17.6. The summed E-state index contributed by atoms with van der Waals surface area (Å²) < 4.78 is 0.243. The van der Waals surface area contributed by atoms with Gasteiger partial charge in [0, 0.05) is 4.88 Å². The van der Waals surface area contributed by atoms with Gasteiger partial charge in [-0.2, -0.15) is 0 Å². The van der Waals surface area contributed by atoms with Gasteiger partial charge in [-0.05, 0) is 23.7 Å². The standard InChI is InChI=1S/C8H7N3OS2/c9-6-5(4-2-1-3-14-4)7(12)11-8(13)10-6/h1-3H,(H4,9,10,11,12,13). The first kappa shape index (κ1) is 9.17. The minimum absolute atomic E-state index is 0.243. The van der Waals surface area contributed by atoms with Gasteiger partial charge >= 0.3 is 0 Å². The molecule has 0 aliphatic heterocycles. The van der Waals surface area contributed by atoms with E-state index < -0.39 is 0 Å². The number of thiophene rings is 1. The second-order valence-electron chi connectivity index (χ2n) is 2.67. The van der Waals surface area contributed by atoms with Gasteiger partial charge < -0.3 is 10.7 Å². The molecule has 14 heavy (non-hydrogen) atoms. The van der Waals surface area contributed by atoms with Crippen LogP contribution in [0.4, 0.5) is 5.82 Å². The number of rotatable bonds is 1. The third kappa shape index (κ3) is 1.49. The summed E-state index contributed by atoms with van der Waals surface area (Å²) in [5.74, 6) is 0.307. The molecular weight excluding hydrogens is 218 g/mol. The average Bonchev–Trinajstić information content (AvgIpc) is 2.54. The van der Waals surface area contributed by atoms with Crippen LogP contribution in [0.5, 0.6) is 0 Å². The second kappa shape index (κ2) is 3.39. The van der Waals surface area contributed by atoms with E-state index in [1.54, 1.807) is 0 Å². The average molecular weight is 225 g/mol. The molecule has 0 aliphatic carbocycles. The quantitative estimate of drug-likeness (QED) is 0.647. The third-order valence-electron chi connectivity index (χ3n) is 1.74. The van der Waals surface area contributed by atoms with Crippen molar-refractivity contribution in [1.29, 1.82) is 0 Å². The Morgan fingerprint density at radius 3 is 2.79 bits per heavy atom. The van der Waals surface area contributed by atoms with Crippen LogP contribution in [0.3, 0.4) is 0 Å². The van der Waals surface area contributed by atoms with Gasteiger partial charge in [0.2, 0.25) is 0 Å². The Hall–Kier alpha value is -1.40. The van der Waals surface area contributed by atoms with E-state index in [9.17, 15) is 4.79 Å². The maximum atomic E-state index is 11.5. The van der Waals surface area contributed by atoms with Crippen LogP contribution in [0.25, 0.3) is 10.4 Å². The Bertz CT molecular complexity index is 553. The molecule has 4 N–H and O–H groups in total. The van der Waals surface area contributed by atoms with E-state index in [0.29, 0.717) is 11.4 Å². The fourth-order valence-corrected chi connectivity index (χ4v) is 2.15. The number of hydrogen-bond acceptors (Lipinski definition) is 4. The number of anilines is 1. The summed E-state index contributed by atoms with van der Waals surface area (Å²) in [5.41, 5.74) is 5.87. The van der Waals surface area contributed by atoms with E-state index in [1.807, 2.05) is 17.5 Å². The van der Waals surface area contributed by atoms with Crippen molar-refractivity contribution in [2.24, 2.45) is 0 Å². The minimum Gasteiger partial charge on any atom is -0.384 e. The topological polar surface area (TPSA) is 74.7 Å². The number of H-pyrrole nitrogens is 2. The van der Waals surface area contributed by atoms with Gasteiger partial charge in [-0.15, -0.1) is 11.3 Å². The van der Waals surface area contributed by atoms with Gasteiger partial charge in [0.1, 0.15) is 5.82 Å². The third-order valence-corrected chi connectivity index (χ3v) is 2.83. The van der Waals surface area contributed by atoms with E-state index in [-0.39, 0.29) is 10.3 Å². The number of nitrogens with two attached hydrogens (primary N) is 1. The molecule has 2 heterocycles. The summed E-state index contributed by atoms with van der Waals surface area (Å²) in [5, 5.41) is 1.88. The molecule has 0 saturated heterocycles. The number of nitrogen functional groups attached to an aromatic ring is 1. The molecule has 2 aromatic heterocycles. The van der Waals surface area contributed by atoms with Crippen molar-refractivity contribution in [3.8, 4) is 10.4 Å². The summed E-state index contributed by atoms with van der Waals surface area (Å²) in [6.07, 6.45) is 0. The predicted molar refractivity (Wildman–Crippen MR) is 60.0 cm³/mol. The van der Waals surface area contributed by atoms with Gasteiger partial charge in [0.25, 0.3) is 5.56 Å². The monoisotopic (exact) mass is 225 g/mol. The smallest absolute Gasteiger partial charge is 0.262 e. The molecule has 0 spiro atoms. The van der Waals surface area contributed by atoms with Crippen LogP contribution in [0.1, 0.15) is 0 Å². The van der Waals surface area contributed by atoms with Gasteiger partial charge in [0.05, 0.1) is 5.56 Å². The molecule has 0 aromatic carbocycles. The first-order valence-corrected chi connectivity index (χ1v) is 5.13. The van der Waals surface area contributed by atoms with Gasteiger partial charge in [0.15, 0.2) is 4.77 Å². The van der Waals surface area contributed by atoms with E-state index in [1.165, 1.54) is 11.3 Å². The highest BCUT2D eigenvalue weighted by molar-refractivity contribution is 7.71. The number of aromatic nitrogens is 2. The van der Waals surface area contributed by atoms with Crippen LogP contribution >= 0.6 is 23.6 Å². The SMILES string of the molecule is Nc1[nH]c(=S)[nH]c(=O)c1-c1cccs1. The van der Waals surface area contributed by atoms with Crippen molar-refractivity contribution in [2.45, 2.75) is 0 Å². The van der Waals surface area contributed by atoms with E-state index in [0.717, 1.165) is 4.88 Å². The zero-order chi connectivity index (χ0) is 10.1. The second-order valence-corrected chi connectivity index (χ2v) is 4.03. The Morgan fingerprint density at radius 2 is 2.21 bits per heavy atom. The van der Waals surface area contributed by atoms with Crippen molar-refractivity contribution >= 4 is 29.4 Å². The predicted octanol–water partition coefficient (Wildman–Crippen LogP) is 1.74. The fourth-order valence-electron chi connectivity index (χ4n) is 1.17. The molecular formula is C8H7N3OS2. The lowest BCUT2D eigenvalue weighted by molar-refractivity contribution is 1.10. The normalized spacial score (nSPS) is 10.3. The molecule has 2 rings (SSSR count). The van der Waals surface area contributed by atoms with Crippen LogP contribution in [0, 0.1) is 4.77 Å². The zero-order valence-electron chi connectivity index (χ0n) is 7.03. The largest absolute Gasteiger partial charge is 0.384 e. The molecule has 4 nitrogen and oxygen atoms in total. The lowest BCUT2D eigenvalue weighted by Gasteiger charge is -2.00. The van der Waals surface area contributed by atoms with Gasteiger partial charge in [-0.3, -0.25) is 9.78 Å². The molecule has 0 unspecified atom stereocenters. The summed E-state index contributed by atoms with van der Waals surface area (Å²) in [6, 6.07) is 3.70. The molecule has 0 aliphatic rings. The van der Waals surface area contributed by atoms with Crippen molar-refractivity contribution in [1.82, 2.24) is 9.97 Å². The minimum atomic E-state index is -0.256. The van der Waals surface area contributed by atoms with Crippen LogP contribution < -0.4 is 11.3 Å². The molecule has 0 radical (unpaired) electrons. The first-order valence-electron chi connectivity index (χ1n) is 3.84. The van der Waals surface area contributed by atoms with E-state index >= 15 is 0 Å². The maximum absolute atomic E-state index is 11.5. The molecule has 2 aromatic rings. The van der Waals surface area contributed by atoms with Crippen LogP contribution in [0.2, 0.25) is 0 Å². The molecule has 0 bridgehead atoms. The summed E-state index contributed by atoms with van der Waals surface area (Å²) in [7, 11) is 0. The molecule has 0 fully saturated rings. The van der Waals surface area contributed by atoms with Crippen molar-refractivity contribution in [3.63, 3.8) is 0 Å². The number of nitrogens with one attached hydrogen (secondary N) is 2. The highest BCUT2D eigenvalue weighted by Gasteiger charge is 2.08. The zero-order valence-corrected chi connectivity index (χ0v) is 8.67. The van der Waals surface area contributed by atoms with Crippen LogP contribution in [-0.4, -0.2) is 9.97 Å². The van der Waals surface area contributed by atoms with E-state index in [4.69, 9.17) is 18.0 Å². The highest BCUT2D eigenvalue weighted by atomic mass is 32.1. The molecule has 0 saturated carbocycles. The van der Waals surface area contributed by atoms with Gasteiger partial charge in [-0.1, -0.05) is 6.07 Å². The van der Waals surface area contributed by atoms with Crippen LogP contribution in [-0.2, 0) is 0 Å². The Kier molecular flexibility index (Phi) is 2.22. The van der Waals surface area contributed by atoms with Crippen molar-refractivity contribution in [2.75, 3.05) is 5.73 Å². The summed E-state index contributed by atoms with van der Waals surface area (Å²) >= 11 is 6.24. The van der Waals surface area contributed by atoms with E-state index in [2.05, 4.69) is 9.97 Å². The first-order chi connectivity index (χ1) is 6.68. The molecule has 6 heteroatoms. The van der Waals surface area contributed by atoms with Crippen LogP contribution in [0.15, 0.2) is 22.3 Å². The summed E-state index contributed by atoms with van der Waals surface area (Å²) in [6.45, 7) is 0. The lowest BCUT2D eigenvalue weighted by atomic mass is 10.2. The van der Waals surface area contributed by atoms with Crippen molar-refractivity contribution in [3.05, 3.63) is 32.6 Å². The maximum Gasteiger partial charge on any atom is 0.262 e. The number of hydrogen-bond donors (Lipinski definition) is 3. The molecule has 0 atom stereocenters. The Morgan fingerprint density at radius 1 is 1.43 bits per heavy atom. The Labute approximate surface area is 88.4 Å².